The second-order valence-electron chi connectivity index (χ2n) is 8.85. The van der Waals surface area contributed by atoms with Gasteiger partial charge in [-0.3, -0.25) is 14.6 Å². The minimum Gasteiger partial charge on any atom is -0.384 e. The van der Waals surface area contributed by atoms with Crippen LogP contribution >= 0.6 is 0 Å². The Morgan fingerprint density at radius 2 is 1.89 bits per heavy atom. The van der Waals surface area contributed by atoms with Gasteiger partial charge in [0.25, 0.3) is 5.91 Å². The number of carbonyl (C=O) groups is 2. The number of hydrogen-bond acceptors (Lipinski definition) is 7. The molecule has 3 aromatic heterocycles. The van der Waals surface area contributed by atoms with Crippen molar-refractivity contribution in [1.29, 1.82) is 0 Å². The van der Waals surface area contributed by atoms with Crippen molar-refractivity contribution in [3.8, 4) is 22.4 Å². The zero-order chi connectivity index (χ0) is 24.7. The molecule has 178 valence electrons. The lowest BCUT2D eigenvalue weighted by Gasteiger charge is -2.19. The van der Waals surface area contributed by atoms with Crippen molar-refractivity contribution in [2.45, 2.75) is 32.3 Å². The Kier molecular flexibility index (Phi) is 5.78. The predicted molar refractivity (Wildman–Crippen MR) is 132 cm³/mol. The maximum absolute atomic E-state index is 12.6. The summed E-state index contributed by atoms with van der Waals surface area (Å²) < 4.78 is 1.48. The standard InChI is InChI=1S/C26H26N6O3/c1-15(33)22-23(19-10-11-31(14-19)26(35)16(2)34)30-25-20(13-29-32(25)24(22)27)18-8-9-21(28-12-18)17-6-4-3-5-7-17/h3-9,12-13,16,19,34H,10-11,14,27H2,1-2H3. The van der Waals surface area contributed by atoms with Crippen molar-refractivity contribution >= 4 is 23.2 Å². The monoisotopic (exact) mass is 470 g/mol. The van der Waals surface area contributed by atoms with Crippen LogP contribution in [0.2, 0.25) is 0 Å². The molecule has 0 aliphatic carbocycles. The van der Waals surface area contributed by atoms with Gasteiger partial charge in [-0.25, -0.2) is 4.98 Å². The Morgan fingerprint density at radius 1 is 1.11 bits per heavy atom. The number of nitrogens with zero attached hydrogens (tertiary/aromatic N) is 5. The molecule has 1 aliphatic heterocycles. The lowest BCUT2D eigenvalue weighted by molar-refractivity contribution is -0.138. The molecule has 4 aromatic rings. The van der Waals surface area contributed by atoms with Gasteiger partial charge in [-0.1, -0.05) is 36.4 Å². The van der Waals surface area contributed by atoms with Crippen molar-refractivity contribution in [3.63, 3.8) is 0 Å². The van der Waals surface area contributed by atoms with Crippen molar-refractivity contribution in [2.24, 2.45) is 0 Å². The summed E-state index contributed by atoms with van der Waals surface area (Å²) in [6.07, 6.45) is 2.99. The number of fused-ring (bicyclic) bond motifs is 1. The number of likely N-dealkylation sites (tertiary alicyclic amines) is 1. The van der Waals surface area contributed by atoms with Crippen LogP contribution in [-0.4, -0.2) is 60.5 Å². The average molecular weight is 471 g/mol. The lowest BCUT2D eigenvalue weighted by Crippen LogP contribution is -2.36. The van der Waals surface area contributed by atoms with Crippen LogP contribution < -0.4 is 5.73 Å². The third-order valence-corrected chi connectivity index (χ3v) is 6.45. The van der Waals surface area contributed by atoms with Crippen LogP contribution in [0.15, 0.2) is 54.9 Å². The maximum atomic E-state index is 12.6. The van der Waals surface area contributed by atoms with Crippen LogP contribution in [0.1, 0.15) is 42.2 Å². The van der Waals surface area contributed by atoms with Gasteiger partial charge in [0.1, 0.15) is 11.9 Å². The number of amides is 1. The highest BCUT2D eigenvalue weighted by Gasteiger charge is 2.33. The number of aliphatic hydroxyl groups is 1. The van der Waals surface area contributed by atoms with Crippen molar-refractivity contribution in [2.75, 3.05) is 18.8 Å². The van der Waals surface area contributed by atoms with E-state index in [1.165, 1.54) is 18.4 Å². The molecule has 4 heterocycles. The molecule has 0 saturated carbocycles. The average Bonchev–Trinajstić information content (AvgIpc) is 3.52. The molecular weight excluding hydrogens is 444 g/mol. The van der Waals surface area contributed by atoms with E-state index in [0.717, 1.165) is 22.4 Å². The summed E-state index contributed by atoms with van der Waals surface area (Å²) in [4.78, 5) is 35.9. The Hall–Kier alpha value is -4.11. The number of rotatable bonds is 5. The van der Waals surface area contributed by atoms with E-state index >= 15 is 0 Å². The molecule has 5 rings (SSSR count). The molecule has 3 N–H and O–H groups in total. The zero-order valence-corrected chi connectivity index (χ0v) is 19.5. The first-order valence-electron chi connectivity index (χ1n) is 11.5. The van der Waals surface area contributed by atoms with Crippen LogP contribution in [-0.2, 0) is 4.79 Å². The van der Waals surface area contributed by atoms with Crippen LogP contribution in [0.25, 0.3) is 28.0 Å². The first kappa shape index (κ1) is 22.7. The topological polar surface area (TPSA) is 127 Å². The van der Waals surface area contributed by atoms with Crippen molar-refractivity contribution < 1.29 is 14.7 Å². The largest absolute Gasteiger partial charge is 0.384 e. The molecule has 35 heavy (non-hydrogen) atoms. The van der Waals surface area contributed by atoms with E-state index in [9.17, 15) is 14.7 Å². The molecule has 1 amide bonds. The van der Waals surface area contributed by atoms with Gasteiger partial charge in [0.05, 0.1) is 23.1 Å². The van der Waals surface area contributed by atoms with Gasteiger partial charge >= 0.3 is 0 Å². The summed E-state index contributed by atoms with van der Waals surface area (Å²) in [6, 6.07) is 13.8. The van der Waals surface area contributed by atoms with E-state index in [2.05, 4.69) is 10.1 Å². The Bertz CT molecular complexity index is 1410. The number of pyridine rings is 1. The quantitative estimate of drug-likeness (QED) is 0.429. The smallest absolute Gasteiger partial charge is 0.251 e. The Labute approximate surface area is 202 Å². The zero-order valence-electron chi connectivity index (χ0n) is 19.5. The molecule has 1 aromatic carbocycles. The van der Waals surface area contributed by atoms with Crippen LogP contribution in [0.5, 0.6) is 0 Å². The highest BCUT2D eigenvalue weighted by atomic mass is 16.3. The molecule has 0 bridgehead atoms. The summed E-state index contributed by atoms with van der Waals surface area (Å²) in [5.74, 6) is -0.498. The van der Waals surface area contributed by atoms with E-state index in [1.54, 1.807) is 17.3 Å². The number of carbonyl (C=O) groups excluding carboxylic acids is 2. The summed E-state index contributed by atoms with van der Waals surface area (Å²) in [6.45, 7) is 3.75. The van der Waals surface area contributed by atoms with Gasteiger partial charge in [0.2, 0.25) is 0 Å². The van der Waals surface area contributed by atoms with E-state index < -0.39 is 6.10 Å². The fourth-order valence-electron chi connectivity index (χ4n) is 4.67. The molecule has 0 spiro atoms. The van der Waals surface area contributed by atoms with E-state index in [1.807, 2.05) is 42.5 Å². The van der Waals surface area contributed by atoms with E-state index in [-0.39, 0.29) is 23.4 Å². The first-order chi connectivity index (χ1) is 16.8. The second-order valence-corrected chi connectivity index (χ2v) is 8.85. The molecule has 2 unspecified atom stereocenters. The summed E-state index contributed by atoms with van der Waals surface area (Å²) in [5, 5.41) is 14.1. The third-order valence-electron chi connectivity index (χ3n) is 6.45. The first-order valence-corrected chi connectivity index (χ1v) is 11.5. The number of anilines is 1. The van der Waals surface area contributed by atoms with E-state index in [4.69, 9.17) is 10.7 Å². The summed E-state index contributed by atoms with van der Waals surface area (Å²) in [7, 11) is 0. The predicted octanol–water partition coefficient (Wildman–Crippen LogP) is 2.94. The molecule has 0 radical (unpaired) electrons. The number of ketones is 1. The van der Waals surface area contributed by atoms with Crippen LogP contribution in [0.3, 0.4) is 0 Å². The Balaban J connectivity index is 1.56. The number of benzene rings is 1. The normalized spacial score (nSPS) is 16.5. The van der Waals surface area contributed by atoms with Gasteiger partial charge in [-0.2, -0.15) is 9.61 Å². The number of aliphatic hydroxyl groups excluding tert-OH is 1. The van der Waals surface area contributed by atoms with Crippen LogP contribution in [0.4, 0.5) is 5.82 Å². The number of aromatic nitrogens is 4. The maximum Gasteiger partial charge on any atom is 0.251 e. The lowest BCUT2D eigenvalue weighted by atomic mass is 9.97. The minimum atomic E-state index is -1.07. The number of nitrogens with two attached hydrogens (primary N) is 1. The van der Waals surface area contributed by atoms with Gasteiger partial charge in [0, 0.05) is 41.9 Å². The van der Waals surface area contributed by atoms with Gasteiger partial charge < -0.3 is 15.7 Å². The molecule has 1 fully saturated rings. The van der Waals surface area contributed by atoms with Crippen LogP contribution in [0, 0.1) is 0 Å². The summed E-state index contributed by atoms with van der Waals surface area (Å²) >= 11 is 0. The van der Waals surface area contributed by atoms with Crippen molar-refractivity contribution in [1.82, 2.24) is 24.5 Å². The third kappa shape index (κ3) is 4.04. The number of hydrogen-bond donors (Lipinski definition) is 2. The van der Waals surface area contributed by atoms with Crippen molar-refractivity contribution in [3.05, 3.63) is 66.1 Å². The Morgan fingerprint density at radius 3 is 2.54 bits per heavy atom. The fourth-order valence-corrected chi connectivity index (χ4v) is 4.67. The number of nitrogen functional groups attached to an aromatic ring is 1. The van der Waals surface area contributed by atoms with Gasteiger partial charge in [0.15, 0.2) is 11.4 Å². The molecular formula is C26H26N6O3. The van der Waals surface area contributed by atoms with Gasteiger partial charge in [-0.15, -0.1) is 0 Å². The van der Waals surface area contributed by atoms with Gasteiger partial charge in [-0.05, 0) is 26.3 Å². The highest BCUT2D eigenvalue weighted by Crippen LogP contribution is 2.34. The second kappa shape index (κ2) is 8.92. The minimum absolute atomic E-state index is 0.176. The molecule has 2 atom stereocenters. The molecule has 9 nitrogen and oxygen atoms in total. The molecule has 1 aliphatic rings. The summed E-state index contributed by atoms with van der Waals surface area (Å²) in [5.41, 5.74) is 11.3. The SMILES string of the molecule is CC(=O)c1c(C2CCN(C(=O)C(C)O)C2)nc2c(-c3ccc(-c4ccccc4)nc3)cnn2c1N. The highest BCUT2D eigenvalue weighted by molar-refractivity contribution is 6.00. The molecule has 9 heteroatoms. The van der Waals surface area contributed by atoms with E-state index in [0.29, 0.717) is 36.4 Å². The fraction of sp³-hybridized carbons (Fsp3) is 0.269. The number of Topliss-reactive ketones (excluding diaryl/α,β-unsaturated/α-hetero) is 1. The molecule has 1 saturated heterocycles.